The maximum absolute atomic E-state index is 13.5. The van der Waals surface area contributed by atoms with Gasteiger partial charge < -0.3 is 4.90 Å². The van der Waals surface area contributed by atoms with Gasteiger partial charge in [0.2, 0.25) is 0 Å². The molecule has 0 spiro atoms. The van der Waals surface area contributed by atoms with Gasteiger partial charge in [0.25, 0.3) is 11.5 Å². The Kier molecular flexibility index (Phi) is 5.60. The minimum absolute atomic E-state index is 0.0692. The van der Waals surface area contributed by atoms with E-state index in [1.54, 1.807) is 21.6 Å². The van der Waals surface area contributed by atoms with Crippen LogP contribution >= 0.6 is 24.0 Å². The van der Waals surface area contributed by atoms with Crippen LogP contribution in [0.5, 0.6) is 0 Å². The van der Waals surface area contributed by atoms with Gasteiger partial charge in [-0.25, -0.2) is 4.98 Å². The van der Waals surface area contributed by atoms with Gasteiger partial charge in [-0.15, -0.1) is 0 Å². The Morgan fingerprint density at radius 3 is 2.61 bits per heavy atom. The van der Waals surface area contributed by atoms with Gasteiger partial charge in [-0.1, -0.05) is 42.9 Å². The van der Waals surface area contributed by atoms with E-state index in [1.165, 1.54) is 18.2 Å². The lowest BCUT2D eigenvalue weighted by Gasteiger charge is -2.29. The number of thioether (sulfide) groups is 1. The lowest BCUT2D eigenvalue weighted by molar-refractivity contribution is -0.123. The predicted octanol–water partition coefficient (Wildman–Crippen LogP) is 4.14. The number of hydrogen-bond acceptors (Lipinski definition) is 6. The van der Waals surface area contributed by atoms with Crippen molar-refractivity contribution in [3.63, 3.8) is 0 Å². The van der Waals surface area contributed by atoms with E-state index in [1.807, 2.05) is 19.1 Å². The Labute approximate surface area is 191 Å². The lowest BCUT2D eigenvalue weighted by atomic mass is 10.1. The van der Waals surface area contributed by atoms with Gasteiger partial charge in [-0.05, 0) is 56.7 Å². The molecule has 0 unspecified atom stereocenters. The molecule has 0 N–H and O–H groups in total. The molecule has 1 aliphatic carbocycles. The van der Waals surface area contributed by atoms with Crippen molar-refractivity contribution in [1.29, 1.82) is 0 Å². The second-order valence-electron chi connectivity index (χ2n) is 8.58. The molecule has 1 saturated carbocycles. The molecule has 5 rings (SSSR count). The first-order chi connectivity index (χ1) is 15.0. The summed E-state index contributed by atoms with van der Waals surface area (Å²) < 4.78 is 2.19. The van der Waals surface area contributed by atoms with Crippen molar-refractivity contribution in [3.8, 4) is 0 Å². The van der Waals surface area contributed by atoms with Crippen molar-refractivity contribution in [2.24, 2.45) is 0 Å². The number of aromatic nitrogens is 2. The number of rotatable bonds is 3. The maximum Gasteiger partial charge on any atom is 0.267 e. The number of thiocarbonyl (C=S) groups is 1. The second kappa shape index (κ2) is 8.39. The highest BCUT2D eigenvalue weighted by Crippen LogP contribution is 2.38. The highest BCUT2D eigenvalue weighted by Gasteiger charge is 2.38. The quantitative estimate of drug-likeness (QED) is 0.513. The summed E-state index contributed by atoms with van der Waals surface area (Å²) in [7, 11) is 0. The first-order valence-corrected chi connectivity index (χ1v) is 12.3. The molecule has 0 atom stereocenters. The molecule has 2 aromatic rings. The third-order valence-corrected chi connectivity index (χ3v) is 7.84. The maximum atomic E-state index is 13.5. The second-order valence-corrected chi connectivity index (χ2v) is 10.3. The van der Waals surface area contributed by atoms with Gasteiger partial charge >= 0.3 is 0 Å². The molecule has 0 radical (unpaired) electrons. The Hall–Kier alpha value is -2.19. The number of carbonyl (C=O) groups excluding carboxylic acids is 1. The largest absolute Gasteiger partial charge is 0.356 e. The fourth-order valence-corrected chi connectivity index (χ4v) is 6.24. The molecule has 6 nitrogen and oxygen atoms in total. The van der Waals surface area contributed by atoms with Crippen molar-refractivity contribution in [2.75, 3.05) is 18.0 Å². The van der Waals surface area contributed by atoms with Gasteiger partial charge in [0.15, 0.2) is 0 Å². The summed E-state index contributed by atoms with van der Waals surface area (Å²) in [6.07, 6.45) is 11.1. The molecule has 2 aliphatic heterocycles. The van der Waals surface area contributed by atoms with E-state index in [9.17, 15) is 9.59 Å². The highest BCUT2D eigenvalue weighted by molar-refractivity contribution is 8.26. The number of hydrogen-bond donors (Lipinski definition) is 0. The number of fused-ring (bicyclic) bond motifs is 1. The smallest absolute Gasteiger partial charge is 0.267 e. The fourth-order valence-electron chi connectivity index (χ4n) is 4.86. The zero-order chi connectivity index (χ0) is 21.5. The molecular weight excluding hydrogens is 428 g/mol. The minimum Gasteiger partial charge on any atom is -0.356 e. The number of carbonyl (C=O) groups is 1. The van der Waals surface area contributed by atoms with Crippen LogP contribution in [-0.4, -0.2) is 43.6 Å². The van der Waals surface area contributed by atoms with E-state index in [-0.39, 0.29) is 17.5 Å². The first kappa shape index (κ1) is 20.7. The van der Waals surface area contributed by atoms with Crippen molar-refractivity contribution < 1.29 is 4.79 Å². The molecule has 0 bridgehead atoms. The van der Waals surface area contributed by atoms with Crippen LogP contribution in [0.2, 0.25) is 0 Å². The first-order valence-electron chi connectivity index (χ1n) is 11.1. The summed E-state index contributed by atoms with van der Waals surface area (Å²) in [4.78, 5) is 36.2. The SMILES string of the molecule is Cc1cccn2c(=O)c(/C=C3/SC(=S)N(C4CCCC4)C3=O)c(N3CCCCC3)nc12. The average molecular weight is 455 g/mol. The predicted molar refractivity (Wildman–Crippen MR) is 130 cm³/mol. The molecule has 2 saturated heterocycles. The molecule has 4 heterocycles. The van der Waals surface area contributed by atoms with E-state index in [4.69, 9.17) is 17.2 Å². The summed E-state index contributed by atoms with van der Waals surface area (Å²) >= 11 is 6.86. The third-order valence-electron chi connectivity index (χ3n) is 6.51. The van der Waals surface area contributed by atoms with Gasteiger partial charge in [0.1, 0.15) is 15.8 Å². The molecule has 2 aromatic heterocycles. The van der Waals surface area contributed by atoms with Crippen LogP contribution in [0.3, 0.4) is 0 Å². The number of amides is 1. The fraction of sp³-hybridized carbons (Fsp3) is 0.478. The molecule has 3 aliphatic rings. The molecule has 8 heteroatoms. The lowest BCUT2D eigenvalue weighted by Crippen LogP contribution is -2.36. The summed E-state index contributed by atoms with van der Waals surface area (Å²) in [5.74, 6) is 0.616. The Bertz CT molecular complexity index is 1140. The standard InChI is InChI=1S/C23H26N4O2S2/c1-15-8-7-13-26-19(15)24-20(25-11-5-2-6-12-25)17(21(26)28)14-18-22(29)27(23(30)31-18)16-9-3-4-10-16/h7-8,13-14,16H,2-6,9-12H2,1H3/b18-14+. The van der Waals surface area contributed by atoms with E-state index in [2.05, 4.69) is 4.90 Å². The van der Waals surface area contributed by atoms with E-state index in [0.29, 0.717) is 26.3 Å². The Morgan fingerprint density at radius 1 is 1.13 bits per heavy atom. The Balaban J connectivity index is 1.63. The summed E-state index contributed by atoms with van der Waals surface area (Å²) in [6.45, 7) is 3.71. The van der Waals surface area contributed by atoms with Crippen LogP contribution in [0.4, 0.5) is 5.82 Å². The van der Waals surface area contributed by atoms with Crippen LogP contribution in [0.25, 0.3) is 11.7 Å². The van der Waals surface area contributed by atoms with Gasteiger partial charge in [0, 0.05) is 25.3 Å². The van der Waals surface area contributed by atoms with E-state index < -0.39 is 0 Å². The van der Waals surface area contributed by atoms with Crippen molar-refractivity contribution in [2.45, 2.75) is 57.9 Å². The topological polar surface area (TPSA) is 57.9 Å². The summed E-state index contributed by atoms with van der Waals surface area (Å²) in [6, 6.07) is 4.02. The monoisotopic (exact) mass is 454 g/mol. The van der Waals surface area contributed by atoms with Crippen LogP contribution in [0, 0.1) is 6.92 Å². The molecule has 0 aromatic carbocycles. The third kappa shape index (κ3) is 3.69. The zero-order valence-electron chi connectivity index (χ0n) is 17.7. The minimum atomic E-state index is -0.139. The summed E-state index contributed by atoms with van der Waals surface area (Å²) in [5, 5.41) is 0. The highest BCUT2D eigenvalue weighted by atomic mass is 32.2. The molecule has 31 heavy (non-hydrogen) atoms. The molecular formula is C23H26N4O2S2. The van der Waals surface area contributed by atoms with Crippen LogP contribution in [-0.2, 0) is 4.79 Å². The van der Waals surface area contributed by atoms with Gasteiger partial charge in [-0.2, -0.15) is 0 Å². The van der Waals surface area contributed by atoms with E-state index >= 15 is 0 Å². The average Bonchev–Trinajstić information content (AvgIpc) is 3.39. The number of pyridine rings is 1. The van der Waals surface area contributed by atoms with Crippen LogP contribution < -0.4 is 10.5 Å². The van der Waals surface area contributed by atoms with Crippen molar-refractivity contribution in [3.05, 3.63) is 44.7 Å². The molecule has 162 valence electrons. The van der Waals surface area contributed by atoms with Crippen LogP contribution in [0.15, 0.2) is 28.0 Å². The van der Waals surface area contributed by atoms with Crippen molar-refractivity contribution in [1.82, 2.24) is 14.3 Å². The number of anilines is 1. The van der Waals surface area contributed by atoms with Crippen LogP contribution in [0.1, 0.15) is 56.1 Å². The van der Waals surface area contributed by atoms with Gasteiger partial charge in [-0.3, -0.25) is 18.9 Å². The number of nitrogens with zero attached hydrogens (tertiary/aromatic N) is 4. The molecule has 3 fully saturated rings. The molecule has 1 amide bonds. The summed E-state index contributed by atoms with van der Waals surface area (Å²) in [5.41, 5.74) is 1.97. The van der Waals surface area contributed by atoms with Gasteiger partial charge in [0.05, 0.1) is 10.5 Å². The number of aryl methyl sites for hydroxylation is 1. The normalized spacial score (nSPS) is 21.8. The van der Waals surface area contributed by atoms with Crippen molar-refractivity contribution >= 4 is 51.7 Å². The Morgan fingerprint density at radius 2 is 1.87 bits per heavy atom. The number of piperidine rings is 1. The zero-order valence-corrected chi connectivity index (χ0v) is 19.3. The van der Waals surface area contributed by atoms with E-state index in [0.717, 1.165) is 57.2 Å².